The van der Waals surface area contributed by atoms with Crippen LogP contribution >= 0.6 is 23.2 Å². The Balaban J connectivity index is 2.19. The fraction of sp³-hybridized carbons (Fsp3) is 0.583. The standard InChI is InChI=1S/C12H16Cl2N4O/c1-7-5-18(6-9(7)17(2)3)12(19)8-4-10(13)15-16-11(8)14/h4,7,9H,5-6H2,1-3H3. The maximum absolute atomic E-state index is 12.4. The largest absolute Gasteiger partial charge is 0.337 e. The van der Waals surface area contributed by atoms with Crippen LogP contribution in [-0.2, 0) is 0 Å². The number of carbonyl (C=O) groups is 1. The quantitative estimate of drug-likeness (QED) is 0.836. The average Bonchev–Trinajstić information content (AvgIpc) is 2.74. The summed E-state index contributed by atoms with van der Waals surface area (Å²) in [6, 6.07) is 1.82. The highest BCUT2D eigenvalue weighted by molar-refractivity contribution is 6.34. The Morgan fingerprint density at radius 2 is 2.05 bits per heavy atom. The number of hydrogen-bond acceptors (Lipinski definition) is 4. The second-order valence-electron chi connectivity index (χ2n) is 5.09. The molecule has 104 valence electrons. The lowest BCUT2D eigenvalue weighted by molar-refractivity contribution is 0.0781. The summed E-state index contributed by atoms with van der Waals surface area (Å²) in [5, 5.41) is 7.54. The summed E-state index contributed by atoms with van der Waals surface area (Å²) in [6.45, 7) is 3.53. The van der Waals surface area contributed by atoms with Gasteiger partial charge in [0.2, 0.25) is 0 Å². The van der Waals surface area contributed by atoms with Gasteiger partial charge in [0.15, 0.2) is 10.3 Å². The van der Waals surface area contributed by atoms with Gasteiger partial charge in [-0.2, -0.15) is 0 Å². The monoisotopic (exact) mass is 302 g/mol. The molecule has 1 aromatic heterocycles. The molecule has 0 aromatic carbocycles. The molecule has 0 bridgehead atoms. The van der Waals surface area contributed by atoms with Gasteiger partial charge < -0.3 is 9.80 Å². The topological polar surface area (TPSA) is 49.3 Å². The molecule has 0 saturated carbocycles. The smallest absolute Gasteiger partial charge is 0.257 e. The first-order chi connectivity index (χ1) is 8.90. The molecule has 2 unspecified atom stereocenters. The van der Waals surface area contributed by atoms with Gasteiger partial charge in [-0.1, -0.05) is 30.1 Å². The SMILES string of the molecule is CC1CN(C(=O)c2cc(Cl)nnc2Cl)CC1N(C)C. The molecular weight excluding hydrogens is 287 g/mol. The molecule has 1 amide bonds. The van der Waals surface area contributed by atoms with Crippen LogP contribution < -0.4 is 0 Å². The van der Waals surface area contributed by atoms with Crippen molar-refractivity contribution < 1.29 is 4.79 Å². The molecular formula is C12H16Cl2N4O. The van der Waals surface area contributed by atoms with Crippen molar-refractivity contribution in [1.29, 1.82) is 0 Å². The number of likely N-dealkylation sites (N-methyl/N-ethyl adjacent to an activating group) is 1. The van der Waals surface area contributed by atoms with E-state index in [0.29, 0.717) is 30.6 Å². The van der Waals surface area contributed by atoms with Crippen molar-refractivity contribution in [3.8, 4) is 0 Å². The van der Waals surface area contributed by atoms with Crippen LogP contribution in [0, 0.1) is 5.92 Å². The third-order valence-electron chi connectivity index (χ3n) is 3.47. The molecule has 2 atom stereocenters. The average molecular weight is 303 g/mol. The fourth-order valence-electron chi connectivity index (χ4n) is 2.46. The summed E-state index contributed by atoms with van der Waals surface area (Å²) in [6.07, 6.45) is 0. The minimum absolute atomic E-state index is 0.0929. The van der Waals surface area contributed by atoms with Crippen LogP contribution in [0.5, 0.6) is 0 Å². The van der Waals surface area contributed by atoms with Crippen molar-refractivity contribution in [2.75, 3.05) is 27.2 Å². The number of aromatic nitrogens is 2. The fourth-order valence-corrected chi connectivity index (χ4v) is 2.78. The van der Waals surface area contributed by atoms with Gasteiger partial charge in [0.1, 0.15) is 0 Å². The van der Waals surface area contributed by atoms with E-state index in [1.54, 1.807) is 4.90 Å². The zero-order chi connectivity index (χ0) is 14.2. The number of halogens is 2. The molecule has 2 rings (SSSR count). The van der Waals surface area contributed by atoms with Gasteiger partial charge >= 0.3 is 0 Å². The van der Waals surface area contributed by atoms with E-state index in [4.69, 9.17) is 23.2 Å². The number of hydrogen-bond donors (Lipinski definition) is 0. The van der Waals surface area contributed by atoms with E-state index < -0.39 is 0 Å². The summed E-state index contributed by atoms with van der Waals surface area (Å²) in [5.41, 5.74) is 0.313. The van der Waals surface area contributed by atoms with Gasteiger partial charge in [-0.15, -0.1) is 10.2 Å². The van der Waals surface area contributed by atoms with E-state index in [-0.39, 0.29) is 16.2 Å². The van der Waals surface area contributed by atoms with Crippen molar-refractivity contribution in [1.82, 2.24) is 20.0 Å². The molecule has 2 heterocycles. The van der Waals surface area contributed by atoms with Crippen LogP contribution in [0.3, 0.4) is 0 Å². The third-order valence-corrected chi connectivity index (χ3v) is 3.94. The Morgan fingerprint density at radius 3 is 2.63 bits per heavy atom. The predicted octanol–water partition coefficient (Wildman–Crippen LogP) is 1.81. The van der Waals surface area contributed by atoms with E-state index in [1.165, 1.54) is 6.07 Å². The van der Waals surface area contributed by atoms with Gasteiger partial charge in [0.05, 0.1) is 5.56 Å². The maximum Gasteiger partial charge on any atom is 0.257 e. The summed E-state index contributed by atoms with van der Waals surface area (Å²) < 4.78 is 0. The Morgan fingerprint density at radius 1 is 1.37 bits per heavy atom. The van der Waals surface area contributed by atoms with Crippen molar-refractivity contribution in [2.45, 2.75) is 13.0 Å². The van der Waals surface area contributed by atoms with Gasteiger partial charge in [0, 0.05) is 19.1 Å². The van der Waals surface area contributed by atoms with Crippen LogP contribution in [0.15, 0.2) is 6.07 Å². The first-order valence-corrected chi connectivity index (χ1v) is 6.80. The second kappa shape index (κ2) is 5.61. The first kappa shape index (κ1) is 14.5. The van der Waals surface area contributed by atoms with Crippen LogP contribution in [-0.4, -0.2) is 59.1 Å². The first-order valence-electron chi connectivity index (χ1n) is 6.04. The Kier molecular flexibility index (Phi) is 4.28. The van der Waals surface area contributed by atoms with Crippen molar-refractivity contribution in [3.63, 3.8) is 0 Å². The number of carbonyl (C=O) groups excluding carboxylic acids is 1. The zero-order valence-corrected chi connectivity index (χ0v) is 12.6. The molecule has 0 spiro atoms. The summed E-state index contributed by atoms with van der Waals surface area (Å²) in [5.74, 6) is 0.279. The lowest BCUT2D eigenvalue weighted by atomic mass is 10.1. The number of amides is 1. The molecule has 1 aliphatic rings. The molecule has 0 radical (unpaired) electrons. The zero-order valence-electron chi connectivity index (χ0n) is 11.1. The van der Waals surface area contributed by atoms with Crippen molar-refractivity contribution in [3.05, 3.63) is 21.9 Å². The summed E-state index contributed by atoms with van der Waals surface area (Å²) in [7, 11) is 4.04. The summed E-state index contributed by atoms with van der Waals surface area (Å²) >= 11 is 11.7. The minimum atomic E-state index is -0.141. The van der Waals surface area contributed by atoms with Crippen LogP contribution in [0.4, 0.5) is 0 Å². The molecule has 1 aliphatic heterocycles. The number of rotatable bonds is 2. The normalized spacial score (nSPS) is 23.2. The van der Waals surface area contributed by atoms with Gasteiger partial charge in [-0.3, -0.25) is 4.79 Å². The van der Waals surface area contributed by atoms with E-state index in [1.807, 2.05) is 14.1 Å². The van der Waals surface area contributed by atoms with Gasteiger partial charge in [-0.05, 0) is 26.1 Å². The highest BCUT2D eigenvalue weighted by atomic mass is 35.5. The van der Waals surface area contributed by atoms with Crippen LogP contribution in [0.25, 0.3) is 0 Å². The van der Waals surface area contributed by atoms with Crippen LogP contribution in [0.2, 0.25) is 10.3 Å². The molecule has 5 nitrogen and oxygen atoms in total. The Bertz CT molecular complexity index is 495. The number of nitrogens with zero attached hydrogens (tertiary/aromatic N) is 4. The molecule has 7 heteroatoms. The van der Waals surface area contributed by atoms with Crippen molar-refractivity contribution in [2.24, 2.45) is 5.92 Å². The highest BCUT2D eigenvalue weighted by Crippen LogP contribution is 2.24. The number of likely N-dealkylation sites (tertiary alicyclic amines) is 1. The predicted molar refractivity (Wildman–Crippen MR) is 74.6 cm³/mol. The maximum atomic E-state index is 12.4. The Labute approximate surface area is 122 Å². The van der Waals surface area contributed by atoms with Crippen LogP contribution in [0.1, 0.15) is 17.3 Å². The van der Waals surface area contributed by atoms with Gasteiger partial charge in [0.25, 0.3) is 5.91 Å². The van der Waals surface area contributed by atoms with Gasteiger partial charge in [-0.25, -0.2) is 0 Å². The molecule has 1 saturated heterocycles. The lowest BCUT2D eigenvalue weighted by Crippen LogP contribution is -2.35. The molecule has 0 aliphatic carbocycles. The third kappa shape index (κ3) is 2.99. The molecule has 1 fully saturated rings. The van der Waals surface area contributed by atoms with E-state index in [0.717, 1.165) is 0 Å². The Hall–Kier alpha value is -0.910. The van der Waals surface area contributed by atoms with E-state index >= 15 is 0 Å². The molecule has 0 N–H and O–H groups in total. The highest BCUT2D eigenvalue weighted by Gasteiger charge is 2.34. The van der Waals surface area contributed by atoms with E-state index in [9.17, 15) is 4.79 Å². The second-order valence-corrected chi connectivity index (χ2v) is 5.84. The lowest BCUT2D eigenvalue weighted by Gasteiger charge is -2.22. The molecule has 1 aromatic rings. The molecule has 19 heavy (non-hydrogen) atoms. The van der Waals surface area contributed by atoms with E-state index in [2.05, 4.69) is 22.0 Å². The van der Waals surface area contributed by atoms with Crippen molar-refractivity contribution >= 4 is 29.1 Å². The minimum Gasteiger partial charge on any atom is -0.337 e. The summed E-state index contributed by atoms with van der Waals surface area (Å²) in [4.78, 5) is 16.4.